The largest absolute Gasteiger partial charge is 0.425 e. The van der Waals surface area contributed by atoms with Crippen molar-refractivity contribution < 1.29 is 19.1 Å². The Hall–Kier alpha value is -0.810. The highest BCUT2D eigenvalue weighted by atomic mass is 35.5. The lowest BCUT2D eigenvalue weighted by Crippen LogP contribution is -2.32. The smallest absolute Gasteiger partial charge is 0.314 e. The van der Waals surface area contributed by atoms with Crippen LogP contribution in [0.5, 0.6) is 0 Å². The van der Waals surface area contributed by atoms with Crippen LogP contribution in [0.3, 0.4) is 0 Å². The molecule has 0 amide bonds. The molecule has 0 bridgehead atoms. The van der Waals surface area contributed by atoms with Crippen molar-refractivity contribution in [2.45, 2.75) is 59.7 Å². The van der Waals surface area contributed by atoms with Crippen LogP contribution in [0.15, 0.2) is 0 Å². The fraction of sp³-hybridized carbons (Fsp3) is 0.867. The summed E-state index contributed by atoms with van der Waals surface area (Å²) in [4.78, 5) is 23.7. The van der Waals surface area contributed by atoms with Gasteiger partial charge in [0.05, 0.1) is 11.3 Å². The van der Waals surface area contributed by atoms with Gasteiger partial charge in [0.15, 0.2) is 0 Å². The lowest BCUT2D eigenvalue weighted by molar-refractivity contribution is -0.193. The van der Waals surface area contributed by atoms with Crippen LogP contribution < -0.4 is 5.73 Å². The third-order valence-corrected chi connectivity index (χ3v) is 3.68. The molecule has 1 fully saturated rings. The fourth-order valence-corrected chi connectivity index (χ4v) is 2.25. The van der Waals surface area contributed by atoms with E-state index in [1.54, 1.807) is 27.7 Å². The Morgan fingerprint density at radius 2 is 1.67 bits per heavy atom. The van der Waals surface area contributed by atoms with Crippen LogP contribution in [0.1, 0.15) is 53.4 Å². The van der Waals surface area contributed by atoms with Crippen molar-refractivity contribution in [1.82, 2.24) is 0 Å². The van der Waals surface area contributed by atoms with Crippen molar-refractivity contribution in [3.8, 4) is 0 Å². The molecule has 1 aliphatic carbocycles. The second-order valence-corrected chi connectivity index (χ2v) is 6.61. The highest BCUT2D eigenvalue weighted by Crippen LogP contribution is 2.29. The monoisotopic (exact) mass is 321 g/mol. The van der Waals surface area contributed by atoms with E-state index in [1.165, 1.54) is 0 Å². The average Bonchev–Trinajstić information content (AvgIpc) is 2.37. The van der Waals surface area contributed by atoms with E-state index in [4.69, 9.17) is 15.2 Å². The normalized spacial score (nSPS) is 23.7. The van der Waals surface area contributed by atoms with E-state index >= 15 is 0 Å². The molecule has 0 spiro atoms. The Labute approximate surface area is 133 Å². The van der Waals surface area contributed by atoms with Gasteiger partial charge in [0.25, 0.3) is 0 Å². The summed E-state index contributed by atoms with van der Waals surface area (Å²) in [5, 5.41) is 0. The number of hydrogen-bond donors (Lipinski definition) is 1. The topological polar surface area (TPSA) is 78.6 Å². The molecule has 1 atom stereocenters. The summed E-state index contributed by atoms with van der Waals surface area (Å²) in [5.74, 6) is -0.205. The molecule has 1 unspecified atom stereocenters. The van der Waals surface area contributed by atoms with E-state index in [0.717, 1.165) is 25.7 Å². The molecule has 1 saturated carbocycles. The minimum absolute atomic E-state index is 0. The molecule has 124 valence electrons. The van der Waals surface area contributed by atoms with Crippen molar-refractivity contribution in [2.24, 2.45) is 23.0 Å². The van der Waals surface area contributed by atoms with E-state index in [0.29, 0.717) is 12.5 Å². The van der Waals surface area contributed by atoms with Gasteiger partial charge in [-0.05, 0) is 58.9 Å². The van der Waals surface area contributed by atoms with Gasteiger partial charge in [-0.25, -0.2) is 0 Å². The van der Waals surface area contributed by atoms with Crippen LogP contribution in [0.25, 0.3) is 0 Å². The highest BCUT2D eigenvalue weighted by Gasteiger charge is 2.30. The van der Waals surface area contributed by atoms with Crippen LogP contribution in [0, 0.1) is 17.3 Å². The first-order chi connectivity index (χ1) is 9.24. The van der Waals surface area contributed by atoms with E-state index in [2.05, 4.69) is 0 Å². The Morgan fingerprint density at radius 1 is 1.14 bits per heavy atom. The standard InChI is InChI=1S/C15H27NO4.ClH/c1-10(20-14(18)15(2,3)4)19-13(17)12-7-5-11(9-16)6-8-12;/h10-12H,5-9,16H2,1-4H3;1H. The van der Waals surface area contributed by atoms with Gasteiger partial charge in [0.2, 0.25) is 6.29 Å². The summed E-state index contributed by atoms with van der Waals surface area (Å²) in [6.45, 7) is 7.54. The van der Waals surface area contributed by atoms with E-state index in [9.17, 15) is 9.59 Å². The molecule has 0 aromatic heterocycles. The molecule has 2 N–H and O–H groups in total. The number of rotatable bonds is 4. The molecular weight excluding hydrogens is 294 g/mol. The first-order valence-electron chi connectivity index (χ1n) is 7.35. The van der Waals surface area contributed by atoms with Gasteiger partial charge < -0.3 is 15.2 Å². The zero-order chi connectivity index (χ0) is 15.3. The van der Waals surface area contributed by atoms with Gasteiger partial charge >= 0.3 is 11.9 Å². The maximum absolute atomic E-state index is 12.0. The van der Waals surface area contributed by atoms with Crippen LogP contribution in [-0.2, 0) is 19.1 Å². The molecule has 21 heavy (non-hydrogen) atoms. The van der Waals surface area contributed by atoms with Crippen molar-refractivity contribution in [1.29, 1.82) is 0 Å². The predicted molar refractivity (Wildman–Crippen MR) is 82.9 cm³/mol. The third-order valence-electron chi connectivity index (χ3n) is 3.68. The second-order valence-electron chi connectivity index (χ2n) is 6.61. The number of esters is 2. The molecule has 0 saturated heterocycles. The number of hydrogen-bond acceptors (Lipinski definition) is 5. The molecular formula is C15H28ClNO4. The zero-order valence-corrected chi connectivity index (χ0v) is 14.2. The minimum Gasteiger partial charge on any atom is -0.425 e. The maximum atomic E-state index is 12.0. The summed E-state index contributed by atoms with van der Waals surface area (Å²) in [6.07, 6.45) is 2.71. The maximum Gasteiger partial charge on any atom is 0.314 e. The minimum atomic E-state index is -0.832. The molecule has 5 nitrogen and oxygen atoms in total. The summed E-state index contributed by atoms with van der Waals surface area (Å²) in [6, 6.07) is 0. The first-order valence-corrected chi connectivity index (χ1v) is 7.35. The summed E-state index contributed by atoms with van der Waals surface area (Å²) in [5.41, 5.74) is 5.03. The SMILES string of the molecule is CC(OC(=O)C1CCC(CN)CC1)OC(=O)C(C)(C)C.Cl. The van der Waals surface area contributed by atoms with Gasteiger partial charge in [-0.3, -0.25) is 9.59 Å². The summed E-state index contributed by atoms with van der Waals surface area (Å²) >= 11 is 0. The Kier molecular flexibility index (Phi) is 8.26. The molecule has 0 radical (unpaired) electrons. The lowest BCUT2D eigenvalue weighted by atomic mass is 9.82. The fourth-order valence-electron chi connectivity index (χ4n) is 2.25. The Morgan fingerprint density at radius 3 is 2.10 bits per heavy atom. The van der Waals surface area contributed by atoms with Gasteiger partial charge in [-0.1, -0.05) is 0 Å². The van der Waals surface area contributed by atoms with Crippen molar-refractivity contribution in [3.63, 3.8) is 0 Å². The molecule has 1 rings (SSSR count). The predicted octanol–water partition coefficient (Wildman–Crippen LogP) is 2.65. The number of carbonyl (C=O) groups excluding carboxylic acids is 2. The van der Waals surface area contributed by atoms with Gasteiger partial charge in [-0.15, -0.1) is 12.4 Å². The van der Waals surface area contributed by atoms with Crippen LogP contribution in [-0.4, -0.2) is 24.8 Å². The first kappa shape index (κ1) is 20.2. The summed E-state index contributed by atoms with van der Waals surface area (Å²) < 4.78 is 10.3. The molecule has 0 aliphatic heterocycles. The lowest BCUT2D eigenvalue weighted by Gasteiger charge is -2.27. The quantitative estimate of drug-likeness (QED) is 0.636. The number of carbonyl (C=O) groups is 2. The molecule has 0 aromatic rings. The van der Waals surface area contributed by atoms with E-state index in [1.807, 2.05) is 0 Å². The zero-order valence-electron chi connectivity index (χ0n) is 13.4. The van der Waals surface area contributed by atoms with Crippen LogP contribution in [0.2, 0.25) is 0 Å². The van der Waals surface area contributed by atoms with Crippen molar-refractivity contribution in [3.05, 3.63) is 0 Å². The molecule has 0 aromatic carbocycles. The molecule has 1 aliphatic rings. The van der Waals surface area contributed by atoms with Crippen molar-refractivity contribution >= 4 is 24.3 Å². The van der Waals surface area contributed by atoms with Crippen molar-refractivity contribution in [2.75, 3.05) is 6.54 Å². The summed E-state index contributed by atoms with van der Waals surface area (Å²) in [7, 11) is 0. The molecule has 0 heterocycles. The number of nitrogens with two attached hydrogens (primary N) is 1. The number of ether oxygens (including phenoxy) is 2. The van der Waals surface area contributed by atoms with Gasteiger partial charge in [0.1, 0.15) is 0 Å². The van der Waals surface area contributed by atoms with Crippen LogP contribution >= 0.6 is 12.4 Å². The number of halogens is 1. The van der Waals surface area contributed by atoms with Gasteiger partial charge in [0, 0.05) is 6.92 Å². The average molecular weight is 322 g/mol. The second kappa shape index (κ2) is 8.59. The Bertz CT molecular complexity index is 346. The third kappa shape index (κ3) is 6.66. The van der Waals surface area contributed by atoms with Gasteiger partial charge in [-0.2, -0.15) is 0 Å². The highest BCUT2D eigenvalue weighted by molar-refractivity contribution is 5.85. The molecule has 6 heteroatoms. The van der Waals surface area contributed by atoms with Crippen LogP contribution in [0.4, 0.5) is 0 Å². The Balaban J connectivity index is 0.00000400. The van der Waals surface area contributed by atoms with E-state index < -0.39 is 11.7 Å². The van der Waals surface area contributed by atoms with E-state index in [-0.39, 0.29) is 30.3 Å².